The molecule has 1 aromatic rings. The summed E-state index contributed by atoms with van der Waals surface area (Å²) in [6.45, 7) is 8.72. The first-order valence-electron chi connectivity index (χ1n) is 7.86. The summed E-state index contributed by atoms with van der Waals surface area (Å²) >= 11 is 0. The molecule has 0 saturated carbocycles. The summed E-state index contributed by atoms with van der Waals surface area (Å²) in [4.78, 5) is 14.2. The highest BCUT2D eigenvalue weighted by Gasteiger charge is 2.30. The number of ether oxygens (including phenoxy) is 1. The van der Waals surface area contributed by atoms with E-state index in [2.05, 4.69) is 18.7 Å². The molecule has 0 spiro atoms. The summed E-state index contributed by atoms with van der Waals surface area (Å²) in [6, 6.07) is 10.5. The van der Waals surface area contributed by atoms with Gasteiger partial charge in [-0.05, 0) is 25.3 Å². The smallest absolute Gasteiger partial charge is 0.131 e. The number of nitrogens with zero attached hydrogens (tertiary/aromatic N) is 1. The van der Waals surface area contributed by atoms with Gasteiger partial charge in [0.05, 0.1) is 12.0 Å². The molecule has 21 heavy (non-hydrogen) atoms. The van der Waals surface area contributed by atoms with Gasteiger partial charge in [0.25, 0.3) is 0 Å². The van der Waals surface area contributed by atoms with Gasteiger partial charge in [-0.15, -0.1) is 0 Å². The maximum atomic E-state index is 11.8. The van der Waals surface area contributed by atoms with Gasteiger partial charge >= 0.3 is 0 Å². The molecule has 0 fully saturated rings. The third kappa shape index (κ3) is 4.94. The van der Waals surface area contributed by atoms with Crippen LogP contribution in [0.2, 0.25) is 0 Å². The summed E-state index contributed by atoms with van der Waals surface area (Å²) in [6.07, 6.45) is 3.26. The molecule has 0 aromatic heterocycles. The molecule has 0 aliphatic heterocycles. The highest BCUT2D eigenvalue weighted by molar-refractivity contribution is 5.68. The van der Waals surface area contributed by atoms with Crippen LogP contribution < -0.4 is 0 Å². The minimum atomic E-state index is -0.475. The van der Waals surface area contributed by atoms with Crippen LogP contribution in [0.25, 0.3) is 0 Å². The van der Waals surface area contributed by atoms with E-state index in [4.69, 9.17) is 4.74 Å². The molecule has 3 heteroatoms. The number of methoxy groups -OCH3 is 1. The van der Waals surface area contributed by atoms with E-state index in [1.807, 2.05) is 37.3 Å². The molecule has 0 amide bonds. The Balaban J connectivity index is 2.94. The fraction of sp³-hybridized carbons (Fsp3) is 0.611. The lowest BCUT2D eigenvalue weighted by molar-refractivity contribution is -0.113. The molecule has 0 aliphatic rings. The molecular weight excluding hydrogens is 262 g/mol. The minimum absolute atomic E-state index is 0.475. The molecule has 118 valence electrons. The van der Waals surface area contributed by atoms with E-state index in [-0.39, 0.29) is 0 Å². The Kier molecular flexibility index (Phi) is 7.62. The maximum Gasteiger partial charge on any atom is 0.131 e. The van der Waals surface area contributed by atoms with Crippen molar-refractivity contribution in [2.24, 2.45) is 0 Å². The predicted octanol–water partition coefficient (Wildman–Crippen LogP) is 3.28. The second kappa shape index (κ2) is 8.96. The van der Waals surface area contributed by atoms with E-state index in [0.29, 0.717) is 12.6 Å². The Morgan fingerprint density at radius 3 is 2.33 bits per heavy atom. The van der Waals surface area contributed by atoms with Gasteiger partial charge in [-0.1, -0.05) is 44.2 Å². The summed E-state index contributed by atoms with van der Waals surface area (Å²) in [5.74, 6) is 0. The summed E-state index contributed by atoms with van der Waals surface area (Å²) < 4.78 is 5.24. The Morgan fingerprint density at radius 2 is 1.86 bits per heavy atom. The number of rotatable bonds is 10. The average molecular weight is 291 g/mol. The summed E-state index contributed by atoms with van der Waals surface area (Å²) in [5, 5.41) is 0. The molecule has 3 nitrogen and oxygen atoms in total. The minimum Gasteiger partial charge on any atom is -0.383 e. The first-order chi connectivity index (χ1) is 10.1. The number of hydrogen-bond donors (Lipinski definition) is 0. The standard InChI is InChI=1S/C18H29NO2/c1-5-17(6-2)19(12-13-21-4)14-18(3,15-20)16-10-8-7-9-11-16/h7-11,15,17H,5-6,12-14H2,1-4H3. The van der Waals surface area contributed by atoms with Crippen LogP contribution in [0.1, 0.15) is 39.2 Å². The van der Waals surface area contributed by atoms with Gasteiger partial charge in [0.2, 0.25) is 0 Å². The van der Waals surface area contributed by atoms with Crippen LogP contribution in [0.15, 0.2) is 30.3 Å². The third-order valence-electron chi connectivity index (χ3n) is 4.27. The van der Waals surface area contributed by atoms with Crippen molar-refractivity contribution in [1.29, 1.82) is 0 Å². The van der Waals surface area contributed by atoms with Crippen LogP contribution in [-0.2, 0) is 14.9 Å². The van der Waals surface area contributed by atoms with Crippen LogP contribution in [0, 0.1) is 0 Å². The molecule has 1 aromatic carbocycles. The normalized spacial score (nSPS) is 14.4. The van der Waals surface area contributed by atoms with Crippen LogP contribution in [-0.4, -0.2) is 44.0 Å². The SMILES string of the molecule is CCC(CC)N(CCOC)CC(C)(C=O)c1ccccc1. The van der Waals surface area contributed by atoms with Crippen molar-refractivity contribution in [1.82, 2.24) is 4.90 Å². The van der Waals surface area contributed by atoms with Gasteiger partial charge in [0.15, 0.2) is 0 Å². The molecule has 0 radical (unpaired) electrons. The van der Waals surface area contributed by atoms with Gasteiger partial charge in [0.1, 0.15) is 6.29 Å². The molecule has 1 atom stereocenters. The number of carbonyl (C=O) groups excluding carboxylic acids is 1. The van der Waals surface area contributed by atoms with Crippen molar-refractivity contribution in [3.8, 4) is 0 Å². The largest absolute Gasteiger partial charge is 0.383 e. The highest BCUT2D eigenvalue weighted by Crippen LogP contribution is 2.24. The van der Waals surface area contributed by atoms with Crippen molar-refractivity contribution in [2.75, 3.05) is 26.8 Å². The zero-order valence-corrected chi connectivity index (χ0v) is 13.8. The van der Waals surface area contributed by atoms with Crippen LogP contribution in [0.4, 0.5) is 0 Å². The lowest BCUT2D eigenvalue weighted by Crippen LogP contribution is -2.46. The molecular formula is C18H29NO2. The average Bonchev–Trinajstić information content (AvgIpc) is 2.54. The Morgan fingerprint density at radius 1 is 1.24 bits per heavy atom. The summed E-state index contributed by atoms with van der Waals surface area (Å²) in [5.41, 5.74) is 0.603. The molecule has 0 bridgehead atoms. The second-order valence-corrected chi connectivity index (χ2v) is 5.83. The zero-order valence-electron chi connectivity index (χ0n) is 13.8. The first kappa shape index (κ1) is 17.9. The third-order valence-corrected chi connectivity index (χ3v) is 4.27. The van der Waals surface area contributed by atoms with E-state index >= 15 is 0 Å². The fourth-order valence-electron chi connectivity index (χ4n) is 2.84. The number of aldehydes is 1. The molecule has 1 unspecified atom stereocenters. The van der Waals surface area contributed by atoms with E-state index in [1.165, 1.54) is 0 Å². The molecule has 0 heterocycles. The van der Waals surface area contributed by atoms with Crippen molar-refractivity contribution in [3.05, 3.63) is 35.9 Å². The van der Waals surface area contributed by atoms with Gasteiger partial charge in [0, 0.05) is 26.2 Å². The van der Waals surface area contributed by atoms with Gasteiger partial charge < -0.3 is 9.53 Å². The predicted molar refractivity (Wildman–Crippen MR) is 87.7 cm³/mol. The van der Waals surface area contributed by atoms with Crippen molar-refractivity contribution >= 4 is 6.29 Å². The Bertz CT molecular complexity index is 403. The van der Waals surface area contributed by atoms with E-state index < -0.39 is 5.41 Å². The molecule has 0 aliphatic carbocycles. The molecule has 1 rings (SSSR count). The lowest BCUT2D eigenvalue weighted by Gasteiger charge is -2.36. The second-order valence-electron chi connectivity index (χ2n) is 5.83. The number of benzene rings is 1. The van der Waals surface area contributed by atoms with Crippen molar-refractivity contribution in [2.45, 2.75) is 45.1 Å². The van der Waals surface area contributed by atoms with Crippen molar-refractivity contribution in [3.63, 3.8) is 0 Å². The quantitative estimate of drug-likeness (QED) is 0.620. The first-order valence-corrected chi connectivity index (χ1v) is 7.86. The van der Waals surface area contributed by atoms with E-state index in [0.717, 1.165) is 37.8 Å². The monoisotopic (exact) mass is 291 g/mol. The van der Waals surface area contributed by atoms with Crippen LogP contribution in [0.5, 0.6) is 0 Å². The Hall–Kier alpha value is -1.19. The van der Waals surface area contributed by atoms with Crippen molar-refractivity contribution < 1.29 is 9.53 Å². The number of hydrogen-bond acceptors (Lipinski definition) is 3. The maximum absolute atomic E-state index is 11.8. The lowest BCUT2D eigenvalue weighted by atomic mass is 9.83. The summed E-state index contributed by atoms with van der Waals surface area (Å²) in [7, 11) is 1.72. The molecule has 0 N–H and O–H groups in total. The molecule has 0 saturated heterocycles. The zero-order chi connectivity index (χ0) is 15.7. The topological polar surface area (TPSA) is 29.5 Å². The van der Waals surface area contributed by atoms with E-state index in [9.17, 15) is 4.79 Å². The van der Waals surface area contributed by atoms with Crippen LogP contribution in [0.3, 0.4) is 0 Å². The van der Waals surface area contributed by atoms with Crippen LogP contribution >= 0.6 is 0 Å². The van der Waals surface area contributed by atoms with Gasteiger partial charge in [-0.25, -0.2) is 0 Å². The fourth-order valence-corrected chi connectivity index (χ4v) is 2.84. The van der Waals surface area contributed by atoms with E-state index in [1.54, 1.807) is 7.11 Å². The number of carbonyl (C=O) groups is 1. The van der Waals surface area contributed by atoms with Gasteiger partial charge in [-0.2, -0.15) is 0 Å². The Labute approximate surface area is 129 Å². The van der Waals surface area contributed by atoms with Gasteiger partial charge in [-0.3, -0.25) is 4.90 Å². The highest BCUT2D eigenvalue weighted by atomic mass is 16.5.